The van der Waals surface area contributed by atoms with E-state index in [2.05, 4.69) is 25.6 Å². The minimum atomic E-state index is -0.186. The second kappa shape index (κ2) is 9.95. The Balaban J connectivity index is 1.52. The third kappa shape index (κ3) is 5.97. The highest BCUT2D eigenvalue weighted by Gasteiger charge is 2.26. The number of aryl methyl sites for hydroxylation is 1. The van der Waals surface area contributed by atoms with Crippen molar-refractivity contribution < 1.29 is 9.59 Å². The molecule has 2 N–H and O–H groups in total. The van der Waals surface area contributed by atoms with Crippen molar-refractivity contribution >= 4 is 11.9 Å². The lowest BCUT2D eigenvalue weighted by molar-refractivity contribution is 0.0950. The third-order valence-corrected chi connectivity index (χ3v) is 4.95. The predicted octanol–water partition coefficient (Wildman–Crippen LogP) is 2.09. The number of carbonyl (C=O) groups excluding carboxylic acids is 2. The summed E-state index contributed by atoms with van der Waals surface area (Å²) in [6, 6.07) is 1.89. The van der Waals surface area contributed by atoms with Crippen LogP contribution < -0.4 is 10.6 Å². The molecule has 8 nitrogen and oxygen atoms in total. The first-order chi connectivity index (χ1) is 14.0. The zero-order valence-electron chi connectivity index (χ0n) is 17.0. The van der Waals surface area contributed by atoms with Gasteiger partial charge in [0.15, 0.2) is 0 Å². The summed E-state index contributed by atoms with van der Waals surface area (Å²) in [5.41, 5.74) is 3.08. The number of amides is 3. The lowest BCUT2D eigenvalue weighted by Crippen LogP contribution is -2.38. The molecule has 0 bridgehead atoms. The maximum absolute atomic E-state index is 12.5. The fraction of sp³-hybridized carbons (Fsp3) is 0.476. The van der Waals surface area contributed by atoms with E-state index in [0.29, 0.717) is 30.3 Å². The minimum Gasteiger partial charge on any atom is -0.346 e. The number of aromatic nitrogens is 3. The van der Waals surface area contributed by atoms with E-state index in [-0.39, 0.29) is 11.9 Å². The fourth-order valence-electron chi connectivity index (χ4n) is 3.37. The Hall–Kier alpha value is -3.03. The highest BCUT2D eigenvalue weighted by Crippen LogP contribution is 2.21. The zero-order valence-corrected chi connectivity index (χ0v) is 17.0. The molecule has 0 aromatic carbocycles. The molecular weight excluding hydrogens is 368 g/mol. The summed E-state index contributed by atoms with van der Waals surface area (Å²) in [7, 11) is 0. The summed E-state index contributed by atoms with van der Waals surface area (Å²) in [5, 5.41) is 5.78. The van der Waals surface area contributed by atoms with E-state index in [0.717, 1.165) is 43.6 Å². The third-order valence-electron chi connectivity index (χ3n) is 4.95. The molecule has 1 unspecified atom stereocenters. The van der Waals surface area contributed by atoms with Gasteiger partial charge in [0.05, 0.1) is 29.7 Å². The van der Waals surface area contributed by atoms with Crippen LogP contribution in [-0.2, 0) is 13.0 Å². The summed E-state index contributed by atoms with van der Waals surface area (Å²) in [5.74, 6) is 0.194. The highest BCUT2D eigenvalue weighted by molar-refractivity contribution is 5.93. The van der Waals surface area contributed by atoms with Gasteiger partial charge >= 0.3 is 6.03 Å². The maximum Gasteiger partial charge on any atom is 0.317 e. The Kier molecular flexibility index (Phi) is 7.10. The quantitative estimate of drug-likeness (QED) is 0.746. The molecule has 2 aromatic rings. The van der Waals surface area contributed by atoms with Crippen LogP contribution in [-0.4, -0.2) is 51.4 Å². The number of likely N-dealkylation sites (tertiary alicyclic amines) is 1. The molecule has 1 saturated heterocycles. The summed E-state index contributed by atoms with van der Waals surface area (Å²) in [4.78, 5) is 39.1. The molecule has 1 aliphatic heterocycles. The first-order valence-electron chi connectivity index (χ1n) is 10.1. The standard InChI is InChI=1S/C21H28N6O2/c1-3-5-23-21(29)27-6-4-16(14-27)7-17-8-18(11-22-10-17)20(28)26-13-19-12-24-15(2)9-25-19/h8-12,16H,3-7,13-14H2,1-2H3,(H,23,29)(H,26,28). The second-order valence-electron chi connectivity index (χ2n) is 7.45. The smallest absolute Gasteiger partial charge is 0.317 e. The Labute approximate surface area is 171 Å². The summed E-state index contributed by atoms with van der Waals surface area (Å²) < 4.78 is 0. The van der Waals surface area contributed by atoms with E-state index in [1.165, 1.54) is 0 Å². The van der Waals surface area contributed by atoms with Crippen molar-refractivity contribution in [2.24, 2.45) is 5.92 Å². The largest absolute Gasteiger partial charge is 0.346 e. The van der Waals surface area contributed by atoms with E-state index in [1.54, 1.807) is 24.8 Å². The lowest BCUT2D eigenvalue weighted by atomic mass is 9.99. The van der Waals surface area contributed by atoms with Crippen molar-refractivity contribution in [3.05, 3.63) is 53.4 Å². The molecule has 3 heterocycles. The number of nitrogens with one attached hydrogen (secondary N) is 2. The SMILES string of the molecule is CCCNC(=O)N1CCC(Cc2cncc(C(=O)NCc3cnc(C)cn3)c2)C1. The molecule has 3 rings (SSSR count). The molecule has 1 atom stereocenters. The maximum atomic E-state index is 12.5. The number of pyridine rings is 1. The molecule has 1 aliphatic rings. The van der Waals surface area contributed by atoms with Gasteiger partial charge in [-0.1, -0.05) is 6.92 Å². The van der Waals surface area contributed by atoms with Gasteiger partial charge in [0.2, 0.25) is 0 Å². The Morgan fingerprint density at radius 1 is 1.17 bits per heavy atom. The van der Waals surface area contributed by atoms with Crippen LogP contribution in [0, 0.1) is 12.8 Å². The molecule has 0 aliphatic carbocycles. The Morgan fingerprint density at radius 3 is 2.79 bits per heavy atom. The van der Waals surface area contributed by atoms with E-state index in [4.69, 9.17) is 0 Å². The van der Waals surface area contributed by atoms with Crippen molar-refractivity contribution in [1.29, 1.82) is 0 Å². The Bertz CT molecular complexity index is 839. The number of carbonyl (C=O) groups is 2. The number of hydrogen-bond acceptors (Lipinski definition) is 5. The van der Waals surface area contributed by atoms with Gasteiger partial charge in [-0.3, -0.25) is 19.7 Å². The molecule has 2 aromatic heterocycles. The van der Waals surface area contributed by atoms with Gasteiger partial charge in [0.1, 0.15) is 0 Å². The first-order valence-corrected chi connectivity index (χ1v) is 10.1. The Morgan fingerprint density at radius 2 is 2.03 bits per heavy atom. The van der Waals surface area contributed by atoms with E-state index in [1.807, 2.05) is 24.8 Å². The van der Waals surface area contributed by atoms with Crippen LogP contribution in [0.5, 0.6) is 0 Å². The molecule has 0 radical (unpaired) electrons. The van der Waals surface area contributed by atoms with Gasteiger partial charge in [-0.15, -0.1) is 0 Å². The normalized spacial score (nSPS) is 15.9. The predicted molar refractivity (Wildman–Crippen MR) is 109 cm³/mol. The molecule has 1 fully saturated rings. The van der Waals surface area contributed by atoms with Crippen LogP contribution in [0.3, 0.4) is 0 Å². The topological polar surface area (TPSA) is 100 Å². The summed E-state index contributed by atoms with van der Waals surface area (Å²) in [6.07, 6.45) is 9.39. The second-order valence-corrected chi connectivity index (χ2v) is 7.45. The van der Waals surface area contributed by atoms with E-state index < -0.39 is 0 Å². The minimum absolute atomic E-state index is 0.0137. The van der Waals surface area contributed by atoms with Crippen molar-refractivity contribution in [2.75, 3.05) is 19.6 Å². The summed E-state index contributed by atoms with van der Waals surface area (Å²) >= 11 is 0. The van der Waals surface area contributed by atoms with Crippen molar-refractivity contribution in [3.63, 3.8) is 0 Å². The number of urea groups is 1. The van der Waals surface area contributed by atoms with Gasteiger partial charge in [-0.2, -0.15) is 0 Å². The fourth-order valence-corrected chi connectivity index (χ4v) is 3.37. The van der Waals surface area contributed by atoms with Crippen LogP contribution in [0.25, 0.3) is 0 Å². The van der Waals surface area contributed by atoms with E-state index in [9.17, 15) is 9.59 Å². The van der Waals surface area contributed by atoms with Crippen LogP contribution in [0.1, 0.15) is 47.1 Å². The average Bonchev–Trinajstić information content (AvgIpc) is 3.20. The molecule has 8 heteroatoms. The van der Waals surface area contributed by atoms with Crippen LogP contribution in [0.15, 0.2) is 30.9 Å². The molecule has 0 spiro atoms. The summed E-state index contributed by atoms with van der Waals surface area (Å²) in [6.45, 7) is 6.44. The molecular formula is C21H28N6O2. The van der Waals surface area contributed by atoms with Gasteiger partial charge in [0.25, 0.3) is 5.91 Å². The first kappa shape index (κ1) is 20.7. The number of nitrogens with zero attached hydrogens (tertiary/aromatic N) is 4. The number of hydrogen-bond donors (Lipinski definition) is 2. The van der Waals surface area contributed by atoms with Gasteiger partial charge in [0, 0.05) is 38.2 Å². The van der Waals surface area contributed by atoms with Crippen LogP contribution in [0.2, 0.25) is 0 Å². The van der Waals surface area contributed by atoms with Crippen LogP contribution in [0.4, 0.5) is 4.79 Å². The molecule has 154 valence electrons. The van der Waals surface area contributed by atoms with Crippen molar-refractivity contribution in [3.8, 4) is 0 Å². The molecule has 29 heavy (non-hydrogen) atoms. The average molecular weight is 396 g/mol. The number of rotatable bonds is 7. The highest BCUT2D eigenvalue weighted by atomic mass is 16.2. The zero-order chi connectivity index (χ0) is 20.6. The van der Waals surface area contributed by atoms with Crippen LogP contribution >= 0.6 is 0 Å². The van der Waals surface area contributed by atoms with Gasteiger partial charge < -0.3 is 15.5 Å². The monoisotopic (exact) mass is 396 g/mol. The molecule has 0 saturated carbocycles. The van der Waals surface area contributed by atoms with Crippen molar-refractivity contribution in [2.45, 2.75) is 39.7 Å². The van der Waals surface area contributed by atoms with Gasteiger partial charge in [-0.25, -0.2) is 4.79 Å². The molecule has 3 amide bonds. The lowest BCUT2D eigenvalue weighted by Gasteiger charge is -2.17. The van der Waals surface area contributed by atoms with Gasteiger partial charge in [-0.05, 0) is 43.7 Å². The van der Waals surface area contributed by atoms with E-state index >= 15 is 0 Å². The van der Waals surface area contributed by atoms with Crippen molar-refractivity contribution in [1.82, 2.24) is 30.5 Å².